The van der Waals surface area contributed by atoms with Crippen molar-refractivity contribution < 1.29 is 4.79 Å². The second kappa shape index (κ2) is 7.03. The van der Waals surface area contributed by atoms with E-state index < -0.39 is 0 Å². The lowest BCUT2D eigenvalue weighted by Gasteiger charge is -2.15. The molecule has 6 heteroatoms. The van der Waals surface area contributed by atoms with Gasteiger partial charge in [-0.2, -0.15) is 0 Å². The zero-order valence-electron chi connectivity index (χ0n) is 15.8. The third kappa shape index (κ3) is 3.55. The van der Waals surface area contributed by atoms with Crippen LogP contribution in [0.25, 0.3) is 10.9 Å². The highest BCUT2D eigenvalue weighted by Crippen LogP contribution is 2.23. The van der Waals surface area contributed by atoms with Crippen molar-refractivity contribution in [2.75, 3.05) is 5.32 Å². The first-order valence-corrected chi connectivity index (χ1v) is 9.43. The molecule has 0 unspecified atom stereocenters. The molecule has 0 aliphatic rings. The number of benzene rings is 1. The van der Waals surface area contributed by atoms with Crippen molar-refractivity contribution in [2.45, 2.75) is 47.6 Å². The van der Waals surface area contributed by atoms with Gasteiger partial charge in [-0.25, -0.2) is 4.98 Å². The number of anilines is 1. The van der Waals surface area contributed by atoms with E-state index in [1.54, 1.807) is 10.6 Å². The number of carbonyl (C=O) groups excluding carboxylic acids is 1. The van der Waals surface area contributed by atoms with Crippen molar-refractivity contribution in [3.63, 3.8) is 0 Å². The van der Waals surface area contributed by atoms with Gasteiger partial charge in [0.25, 0.3) is 5.56 Å². The minimum atomic E-state index is -0.135. The Morgan fingerprint density at radius 1 is 1.12 bits per heavy atom. The van der Waals surface area contributed by atoms with E-state index in [0.29, 0.717) is 11.7 Å². The van der Waals surface area contributed by atoms with Crippen LogP contribution < -0.4 is 10.9 Å². The molecule has 0 saturated carbocycles. The molecule has 1 amide bonds. The monoisotopic (exact) mass is 369 g/mol. The maximum Gasteiger partial charge on any atom is 0.251 e. The summed E-state index contributed by atoms with van der Waals surface area (Å²) in [6.45, 7) is 10.2. The number of nitrogens with one attached hydrogen (secondary N) is 1. The number of thiazole rings is 1. The van der Waals surface area contributed by atoms with Gasteiger partial charge < -0.3 is 9.88 Å². The van der Waals surface area contributed by atoms with Crippen molar-refractivity contribution in [1.82, 2.24) is 9.55 Å². The average Bonchev–Trinajstić information content (AvgIpc) is 2.85. The van der Waals surface area contributed by atoms with Crippen molar-refractivity contribution in [3.8, 4) is 0 Å². The topological polar surface area (TPSA) is 64.0 Å². The lowest BCUT2D eigenvalue weighted by Crippen LogP contribution is -2.24. The van der Waals surface area contributed by atoms with Gasteiger partial charge in [0.15, 0.2) is 5.13 Å². The number of fused-ring (bicyclic) bond motifs is 1. The molecule has 3 rings (SSSR count). The Morgan fingerprint density at radius 2 is 1.85 bits per heavy atom. The number of rotatable bonds is 4. The number of hydrogen-bond acceptors (Lipinski definition) is 4. The number of amides is 1. The van der Waals surface area contributed by atoms with E-state index in [1.165, 1.54) is 11.3 Å². The molecule has 1 aromatic carbocycles. The SMILES string of the molecule is Cc1cc(C)c2c(c1)c(C)cc(=O)n2CCC(=O)Nc1nc(C)c(C)s1. The van der Waals surface area contributed by atoms with E-state index in [0.717, 1.165) is 38.2 Å². The molecule has 0 fully saturated rings. The quantitative estimate of drug-likeness (QED) is 0.755. The molecule has 3 aromatic rings. The lowest BCUT2D eigenvalue weighted by molar-refractivity contribution is -0.116. The number of pyridine rings is 1. The van der Waals surface area contributed by atoms with E-state index in [2.05, 4.69) is 22.4 Å². The Hall–Kier alpha value is -2.47. The molecule has 0 saturated heterocycles. The van der Waals surface area contributed by atoms with Crippen molar-refractivity contribution in [1.29, 1.82) is 0 Å². The fraction of sp³-hybridized carbons (Fsp3) is 0.350. The van der Waals surface area contributed by atoms with Crippen LogP contribution in [0.5, 0.6) is 0 Å². The zero-order valence-corrected chi connectivity index (χ0v) is 16.6. The maximum atomic E-state index is 12.5. The Labute approximate surface area is 156 Å². The van der Waals surface area contributed by atoms with E-state index in [9.17, 15) is 9.59 Å². The van der Waals surface area contributed by atoms with Gasteiger partial charge in [-0.05, 0) is 51.8 Å². The van der Waals surface area contributed by atoms with Crippen LogP contribution in [-0.2, 0) is 11.3 Å². The van der Waals surface area contributed by atoms with Crippen LogP contribution in [0.4, 0.5) is 5.13 Å². The smallest absolute Gasteiger partial charge is 0.251 e. The van der Waals surface area contributed by atoms with E-state index >= 15 is 0 Å². The first kappa shape index (κ1) is 18.3. The minimum Gasteiger partial charge on any atom is -0.307 e. The van der Waals surface area contributed by atoms with Crippen LogP contribution in [0.1, 0.15) is 33.7 Å². The summed E-state index contributed by atoms with van der Waals surface area (Å²) >= 11 is 1.46. The van der Waals surface area contributed by atoms with Gasteiger partial charge in [0.2, 0.25) is 5.91 Å². The maximum absolute atomic E-state index is 12.5. The first-order valence-electron chi connectivity index (χ1n) is 8.61. The molecule has 26 heavy (non-hydrogen) atoms. The molecule has 0 bridgehead atoms. The summed E-state index contributed by atoms with van der Waals surface area (Å²) in [6.07, 6.45) is 0.225. The molecule has 0 atom stereocenters. The molecule has 0 spiro atoms. The molecule has 5 nitrogen and oxygen atoms in total. The van der Waals surface area contributed by atoms with Crippen molar-refractivity contribution in [3.05, 3.63) is 55.8 Å². The predicted octanol–water partition coefficient (Wildman–Crippen LogP) is 4.03. The minimum absolute atomic E-state index is 0.0734. The fourth-order valence-electron chi connectivity index (χ4n) is 3.21. The summed E-state index contributed by atoms with van der Waals surface area (Å²) in [5.41, 5.74) is 4.94. The van der Waals surface area contributed by atoms with E-state index in [4.69, 9.17) is 0 Å². The number of carbonyl (C=O) groups is 1. The van der Waals surface area contributed by atoms with Gasteiger partial charge in [-0.15, -0.1) is 11.3 Å². The molecule has 0 aliphatic heterocycles. The second-order valence-corrected chi connectivity index (χ2v) is 7.96. The van der Waals surface area contributed by atoms with Crippen LogP contribution >= 0.6 is 11.3 Å². The predicted molar refractivity (Wildman–Crippen MR) is 107 cm³/mol. The summed E-state index contributed by atoms with van der Waals surface area (Å²) in [7, 11) is 0. The highest BCUT2D eigenvalue weighted by Gasteiger charge is 2.12. The standard InChI is InChI=1S/C20H23N3O2S/c1-11-8-13(3)19-16(9-11)12(2)10-18(25)23(19)7-6-17(24)22-20-21-14(4)15(5)26-20/h8-10H,6-7H2,1-5H3,(H,21,22,24). The third-order valence-electron chi connectivity index (χ3n) is 4.58. The van der Waals surface area contributed by atoms with Crippen LogP contribution in [0, 0.1) is 34.6 Å². The summed E-state index contributed by atoms with van der Waals surface area (Å²) < 4.78 is 1.70. The van der Waals surface area contributed by atoms with Crippen molar-refractivity contribution in [2.24, 2.45) is 0 Å². The van der Waals surface area contributed by atoms with Gasteiger partial charge in [-0.1, -0.05) is 11.6 Å². The normalized spacial score (nSPS) is 11.1. The molecule has 2 heterocycles. The number of hydrogen-bond donors (Lipinski definition) is 1. The molecular weight excluding hydrogens is 346 g/mol. The number of aryl methyl sites for hydroxylation is 6. The zero-order chi connectivity index (χ0) is 19.0. The third-order valence-corrected chi connectivity index (χ3v) is 5.57. The second-order valence-electron chi connectivity index (χ2n) is 6.75. The van der Waals surface area contributed by atoms with Gasteiger partial charge in [-0.3, -0.25) is 9.59 Å². The van der Waals surface area contributed by atoms with Crippen LogP contribution in [-0.4, -0.2) is 15.5 Å². The number of nitrogens with zero attached hydrogens (tertiary/aromatic N) is 2. The largest absolute Gasteiger partial charge is 0.307 e. The Kier molecular flexibility index (Phi) is 4.96. The average molecular weight is 369 g/mol. The number of aromatic nitrogens is 2. The summed E-state index contributed by atoms with van der Waals surface area (Å²) in [6, 6.07) is 5.81. The Morgan fingerprint density at radius 3 is 2.50 bits per heavy atom. The van der Waals surface area contributed by atoms with Crippen LogP contribution in [0.2, 0.25) is 0 Å². The van der Waals surface area contributed by atoms with Crippen LogP contribution in [0.15, 0.2) is 23.0 Å². The molecule has 0 radical (unpaired) electrons. The van der Waals surface area contributed by atoms with Gasteiger partial charge >= 0.3 is 0 Å². The van der Waals surface area contributed by atoms with Gasteiger partial charge in [0.05, 0.1) is 11.2 Å². The summed E-state index contributed by atoms with van der Waals surface area (Å²) in [5, 5.41) is 4.50. The highest BCUT2D eigenvalue weighted by atomic mass is 32.1. The molecule has 1 N–H and O–H groups in total. The van der Waals surface area contributed by atoms with Crippen molar-refractivity contribution >= 4 is 33.3 Å². The summed E-state index contributed by atoms with van der Waals surface area (Å²) in [5.74, 6) is -0.135. The van der Waals surface area contributed by atoms with Gasteiger partial charge in [0.1, 0.15) is 0 Å². The van der Waals surface area contributed by atoms with E-state index in [1.807, 2.05) is 34.6 Å². The molecule has 2 aromatic heterocycles. The summed E-state index contributed by atoms with van der Waals surface area (Å²) in [4.78, 5) is 30.2. The first-order chi connectivity index (χ1) is 12.3. The highest BCUT2D eigenvalue weighted by molar-refractivity contribution is 7.15. The Balaban J connectivity index is 1.87. The van der Waals surface area contributed by atoms with Gasteiger partial charge in [0, 0.05) is 29.3 Å². The molecule has 136 valence electrons. The van der Waals surface area contributed by atoms with E-state index in [-0.39, 0.29) is 17.9 Å². The molecular formula is C20H23N3O2S. The fourth-order valence-corrected chi connectivity index (χ4v) is 4.04. The molecule has 0 aliphatic carbocycles. The van der Waals surface area contributed by atoms with Crippen LogP contribution in [0.3, 0.4) is 0 Å². The Bertz CT molecular complexity index is 1040. The lowest BCUT2D eigenvalue weighted by atomic mass is 10.0.